The first-order valence-electron chi connectivity index (χ1n) is 10.1. The minimum absolute atomic E-state index is 0.804. The molecule has 2 aromatic rings. The van der Waals surface area contributed by atoms with Gasteiger partial charge in [0.25, 0.3) is 0 Å². The van der Waals surface area contributed by atoms with Crippen molar-refractivity contribution in [3.63, 3.8) is 0 Å². The Morgan fingerprint density at radius 2 is 1.33 bits per heavy atom. The van der Waals surface area contributed by atoms with Gasteiger partial charge in [-0.05, 0) is 53.9 Å². The van der Waals surface area contributed by atoms with Gasteiger partial charge in [-0.25, -0.2) is 0 Å². The summed E-state index contributed by atoms with van der Waals surface area (Å²) in [5.41, 5.74) is 5.73. The molecule has 0 spiro atoms. The van der Waals surface area contributed by atoms with Crippen LogP contribution in [0.4, 0.5) is 0 Å². The normalized spacial score (nSPS) is 15.5. The van der Waals surface area contributed by atoms with Crippen LogP contribution in [0.15, 0.2) is 48.5 Å². The van der Waals surface area contributed by atoms with Gasteiger partial charge in [0.05, 0.1) is 0 Å². The maximum absolute atomic E-state index is 2.37. The zero-order valence-electron chi connectivity index (χ0n) is 15.3. The summed E-state index contributed by atoms with van der Waals surface area (Å²) >= 11 is 0. The molecule has 0 heterocycles. The second-order valence-corrected chi connectivity index (χ2v) is 7.46. The molecule has 0 unspecified atom stereocenters. The molecule has 0 bridgehead atoms. The van der Waals surface area contributed by atoms with Crippen molar-refractivity contribution in [2.45, 2.75) is 77.0 Å². The van der Waals surface area contributed by atoms with Gasteiger partial charge in [-0.15, -0.1) is 0 Å². The molecule has 0 saturated heterocycles. The van der Waals surface area contributed by atoms with Crippen LogP contribution in [-0.4, -0.2) is 0 Å². The van der Waals surface area contributed by atoms with E-state index in [1.165, 1.54) is 80.9 Å². The first-order valence-corrected chi connectivity index (χ1v) is 10.1. The molecule has 1 saturated carbocycles. The van der Waals surface area contributed by atoms with Crippen LogP contribution in [-0.2, 0) is 6.42 Å². The van der Waals surface area contributed by atoms with Gasteiger partial charge in [-0.3, -0.25) is 0 Å². The van der Waals surface area contributed by atoms with Crippen LogP contribution < -0.4 is 0 Å². The summed E-state index contributed by atoms with van der Waals surface area (Å²) in [6, 6.07) is 18.6. The van der Waals surface area contributed by atoms with Crippen molar-refractivity contribution in [1.82, 2.24) is 0 Å². The molecule has 1 aliphatic carbocycles. The van der Waals surface area contributed by atoms with E-state index in [0.29, 0.717) is 0 Å². The third-order valence-electron chi connectivity index (χ3n) is 5.59. The Bertz CT molecular complexity index is 585. The fourth-order valence-electron chi connectivity index (χ4n) is 4.00. The summed E-state index contributed by atoms with van der Waals surface area (Å²) in [7, 11) is 0. The molecular weight excluding hydrogens is 288 g/mol. The first kappa shape index (κ1) is 17.3. The van der Waals surface area contributed by atoms with Gasteiger partial charge < -0.3 is 0 Å². The molecule has 1 aliphatic rings. The van der Waals surface area contributed by atoms with Crippen LogP contribution in [0.3, 0.4) is 0 Å². The Hall–Kier alpha value is -1.56. The standard InChI is InChI=1S/C24H32/c1-2-3-4-6-9-20-12-14-22(15-13-20)24-18-16-23(17-19-24)21-10-7-5-8-11-21/h12-19,21H,2-11H2,1H3. The van der Waals surface area contributed by atoms with Crippen LogP contribution in [0.2, 0.25) is 0 Å². The highest BCUT2D eigenvalue weighted by molar-refractivity contribution is 5.64. The molecule has 2 aromatic carbocycles. The molecule has 0 heteroatoms. The third kappa shape index (κ3) is 4.72. The number of unbranched alkanes of at least 4 members (excludes halogenated alkanes) is 3. The molecule has 0 radical (unpaired) electrons. The fraction of sp³-hybridized carbons (Fsp3) is 0.500. The predicted molar refractivity (Wildman–Crippen MR) is 106 cm³/mol. The maximum atomic E-state index is 2.37. The van der Waals surface area contributed by atoms with E-state index in [2.05, 4.69) is 55.5 Å². The van der Waals surface area contributed by atoms with Crippen molar-refractivity contribution in [3.05, 3.63) is 59.7 Å². The van der Waals surface area contributed by atoms with E-state index in [1.54, 1.807) is 5.56 Å². The molecule has 0 nitrogen and oxygen atoms in total. The van der Waals surface area contributed by atoms with Gasteiger partial charge in [0, 0.05) is 0 Å². The largest absolute Gasteiger partial charge is 0.0654 e. The van der Waals surface area contributed by atoms with Crippen LogP contribution in [0.1, 0.15) is 81.8 Å². The average molecular weight is 321 g/mol. The second kappa shape index (κ2) is 9.06. The number of aryl methyl sites for hydroxylation is 1. The predicted octanol–water partition coefficient (Wildman–Crippen LogP) is 7.52. The maximum Gasteiger partial charge on any atom is -0.0162 e. The van der Waals surface area contributed by atoms with Crippen LogP contribution in [0, 0.1) is 0 Å². The smallest absolute Gasteiger partial charge is 0.0162 e. The average Bonchev–Trinajstić information content (AvgIpc) is 2.67. The summed E-state index contributed by atoms with van der Waals surface area (Å²) in [5.74, 6) is 0.804. The van der Waals surface area contributed by atoms with Crippen LogP contribution in [0.5, 0.6) is 0 Å². The monoisotopic (exact) mass is 320 g/mol. The van der Waals surface area contributed by atoms with Gasteiger partial charge in [0.15, 0.2) is 0 Å². The number of rotatable bonds is 7. The Morgan fingerprint density at radius 3 is 1.96 bits per heavy atom. The lowest BCUT2D eigenvalue weighted by molar-refractivity contribution is 0.443. The minimum Gasteiger partial charge on any atom is -0.0654 e. The molecule has 0 amide bonds. The van der Waals surface area contributed by atoms with Crippen molar-refractivity contribution in [2.75, 3.05) is 0 Å². The number of hydrogen-bond donors (Lipinski definition) is 0. The SMILES string of the molecule is CCCCCCc1ccc(-c2ccc(C3CCCCC3)cc2)cc1. The lowest BCUT2D eigenvalue weighted by Crippen LogP contribution is -2.04. The van der Waals surface area contributed by atoms with Crippen molar-refractivity contribution < 1.29 is 0 Å². The van der Waals surface area contributed by atoms with Crippen molar-refractivity contribution in [3.8, 4) is 11.1 Å². The van der Waals surface area contributed by atoms with Crippen molar-refractivity contribution >= 4 is 0 Å². The topological polar surface area (TPSA) is 0 Å². The minimum atomic E-state index is 0.804. The quantitative estimate of drug-likeness (QED) is 0.463. The van der Waals surface area contributed by atoms with E-state index in [4.69, 9.17) is 0 Å². The number of hydrogen-bond acceptors (Lipinski definition) is 0. The lowest BCUT2D eigenvalue weighted by atomic mass is 9.83. The molecule has 1 fully saturated rings. The number of benzene rings is 2. The molecule has 3 rings (SSSR count). The zero-order valence-corrected chi connectivity index (χ0v) is 15.3. The molecule has 24 heavy (non-hydrogen) atoms. The van der Waals surface area contributed by atoms with Crippen LogP contribution in [0.25, 0.3) is 11.1 Å². The van der Waals surface area contributed by atoms with E-state index in [9.17, 15) is 0 Å². The first-order chi connectivity index (χ1) is 11.9. The molecule has 0 aromatic heterocycles. The van der Waals surface area contributed by atoms with Gasteiger partial charge in [0.1, 0.15) is 0 Å². The van der Waals surface area contributed by atoms with Gasteiger partial charge >= 0.3 is 0 Å². The molecule has 128 valence electrons. The summed E-state index contributed by atoms with van der Waals surface area (Å²) in [6.45, 7) is 2.27. The second-order valence-electron chi connectivity index (χ2n) is 7.46. The van der Waals surface area contributed by atoms with Gasteiger partial charge in [-0.2, -0.15) is 0 Å². The summed E-state index contributed by atoms with van der Waals surface area (Å²) < 4.78 is 0. The van der Waals surface area contributed by atoms with Gasteiger partial charge in [-0.1, -0.05) is 94.0 Å². The van der Waals surface area contributed by atoms with E-state index >= 15 is 0 Å². The van der Waals surface area contributed by atoms with Crippen LogP contribution >= 0.6 is 0 Å². The Kier molecular flexibility index (Phi) is 6.52. The Morgan fingerprint density at radius 1 is 0.708 bits per heavy atom. The van der Waals surface area contributed by atoms with E-state index in [-0.39, 0.29) is 0 Å². The Labute approximate surface area is 148 Å². The van der Waals surface area contributed by atoms with Crippen molar-refractivity contribution in [1.29, 1.82) is 0 Å². The Balaban J connectivity index is 1.59. The van der Waals surface area contributed by atoms with E-state index in [1.807, 2.05) is 0 Å². The van der Waals surface area contributed by atoms with Gasteiger partial charge in [0.2, 0.25) is 0 Å². The highest BCUT2D eigenvalue weighted by Gasteiger charge is 2.15. The highest BCUT2D eigenvalue weighted by Crippen LogP contribution is 2.33. The summed E-state index contributed by atoms with van der Waals surface area (Å²) in [4.78, 5) is 0. The molecule has 0 atom stereocenters. The lowest BCUT2D eigenvalue weighted by Gasteiger charge is -2.22. The molecular formula is C24H32. The van der Waals surface area contributed by atoms with E-state index in [0.717, 1.165) is 5.92 Å². The molecule has 0 aliphatic heterocycles. The zero-order chi connectivity index (χ0) is 16.6. The van der Waals surface area contributed by atoms with Crippen molar-refractivity contribution in [2.24, 2.45) is 0 Å². The third-order valence-corrected chi connectivity index (χ3v) is 5.59. The van der Waals surface area contributed by atoms with E-state index < -0.39 is 0 Å². The molecule has 0 N–H and O–H groups in total. The summed E-state index contributed by atoms with van der Waals surface area (Å²) in [6.07, 6.45) is 13.6. The highest BCUT2D eigenvalue weighted by atomic mass is 14.2. The fourth-order valence-corrected chi connectivity index (χ4v) is 4.00. The summed E-state index contributed by atoms with van der Waals surface area (Å²) in [5, 5.41) is 0.